The van der Waals surface area contributed by atoms with E-state index in [1.54, 1.807) is 20.1 Å². The first-order valence-corrected chi connectivity index (χ1v) is 9.73. The molecule has 0 saturated heterocycles. The fourth-order valence-corrected chi connectivity index (χ4v) is 4.40. The van der Waals surface area contributed by atoms with Crippen LogP contribution in [0.1, 0.15) is 28.0 Å². The summed E-state index contributed by atoms with van der Waals surface area (Å²) < 4.78 is 13.2. The number of nitrogens with zero attached hydrogens (tertiary/aromatic N) is 2. The topological polar surface area (TPSA) is 73.6 Å². The van der Waals surface area contributed by atoms with Crippen LogP contribution in [0.15, 0.2) is 30.3 Å². The standard InChI is InChI=1S/C21H20N2O4S/c1-5-27-21(25)17-11(2)23(13-6-8-14(26-4)9-7-13)19-15(17)10-16(24)20-18(19)22-12(3)28-20/h6-10,24H,5H2,1-4H3. The van der Waals surface area contributed by atoms with Crippen molar-refractivity contribution in [3.05, 3.63) is 46.6 Å². The van der Waals surface area contributed by atoms with E-state index in [4.69, 9.17) is 9.47 Å². The van der Waals surface area contributed by atoms with Gasteiger partial charge in [-0.15, -0.1) is 11.3 Å². The molecule has 1 N–H and O–H groups in total. The van der Waals surface area contributed by atoms with Gasteiger partial charge in [0.05, 0.1) is 34.5 Å². The number of aromatic hydroxyl groups is 1. The van der Waals surface area contributed by atoms with Crippen molar-refractivity contribution in [3.63, 3.8) is 0 Å². The molecule has 0 atom stereocenters. The Morgan fingerprint density at radius 2 is 1.96 bits per heavy atom. The third kappa shape index (κ3) is 2.70. The van der Waals surface area contributed by atoms with Crippen molar-refractivity contribution in [2.75, 3.05) is 13.7 Å². The summed E-state index contributed by atoms with van der Waals surface area (Å²) >= 11 is 1.43. The minimum atomic E-state index is -0.414. The van der Waals surface area contributed by atoms with Crippen LogP contribution in [0.5, 0.6) is 11.5 Å². The molecule has 0 fully saturated rings. The van der Waals surface area contributed by atoms with Gasteiger partial charge in [-0.25, -0.2) is 9.78 Å². The van der Waals surface area contributed by atoms with Crippen molar-refractivity contribution >= 4 is 38.4 Å². The molecule has 0 radical (unpaired) electrons. The molecule has 4 aromatic rings. The number of phenolic OH excluding ortho intramolecular Hbond substituents is 1. The van der Waals surface area contributed by atoms with Gasteiger partial charge in [0.25, 0.3) is 0 Å². The number of hydrogen-bond donors (Lipinski definition) is 1. The minimum Gasteiger partial charge on any atom is -0.506 e. The molecule has 0 amide bonds. The van der Waals surface area contributed by atoms with E-state index in [1.165, 1.54) is 11.3 Å². The molecule has 144 valence electrons. The van der Waals surface area contributed by atoms with Crippen LogP contribution in [0.3, 0.4) is 0 Å². The molecule has 28 heavy (non-hydrogen) atoms. The molecule has 4 rings (SSSR count). The molecule has 0 unspecified atom stereocenters. The number of carbonyl (C=O) groups excluding carboxylic acids is 1. The maximum absolute atomic E-state index is 12.7. The summed E-state index contributed by atoms with van der Waals surface area (Å²) in [5.74, 6) is 0.448. The molecule has 0 spiro atoms. The van der Waals surface area contributed by atoms with Crippen LogP contribution in [0.25, 0.3) is 26.8 Å². The predicted octanol–water partition coefficient (Wildman–Crippen LogP) is 4.75. The summed E-state index contributed by atoms with van der Waals surface area (Å²) in [5.41, 5.74) is 3.50. The van der Waals surface area contributed by atoms with Crippen LogP contribution in [0.4, 0.5) is 0 Å². The lowest BCUT2D eigenvalue weighted by Gasteiger charge is -2.10. The van der Waals surface area contributed by atoms with Crippen molar-refractivity contribution in [2.24, 2.45) is 0 Å². The number of fused-ring (bicyclic) bond motifs is 3. The zero-order valence-corrected chi connectivity index (χ0v) is 16.9. The number of hydrogen-bond acceptors (Lipinski definition) is 6. The summed E-state index contributed by atoms with van der Waals surface area (Å²) in [6.07, 6.45) is 0. The first-order chi connectivity index (χ1) is 13.5. The van der Waals surface area contributed by atoms with Gasteiger partial charge in [-0.1, -0.05) is 0 Å². The molecule has 0 aliphatic heterocycles. The van der Waals surface area contributed by atoms with Gasteiger partial charge in [0.2, 0.25) is 0 Å². The molecule has 0 aliphatic rings. The van der Waals surface area contributed by atoms with E-state index in [0.29, 0.717) is 21.2 Å². The van der Waals surface area contributed by atoms with Gasteiger partial charge in [-0.2, -0.15) is 0 Å². The number of carbonyl (C=O) groups is 1. The number of thiazole rings is 1. The molecule has 2 aromatic carbocycles. The van der Waals surface area contributed by atoms with Crippen LogP contribution < -0.4 is 4.74 Å². The van der Waals surface area contributed by atoms with Gasteiger partial charge < -0.3 is 19.1 Å². The Balaban J connectivity index is 2.13. The number of ether oxygens (including phenoxy) is 2. The van der Waals surface area contributed by atoms with E-state index in [2.05, 4.69) is 4.98 Å². The second-order valence-corrected chi connectivity index (χ2v) is 7.62. The van der Waals surface area contributed by atoms with E-state index >= 15 is 0 Å². The van der Waals surface area contributed by atoms with Crippen LogP contribution >= 0.6 is 11.3 Å². The Kier molecular flexibility index (Phi) is 4.47. The van der Waals surface area contributed by atoms with Gasteiger partial charge in [0.15, 0.2) is 0 Å². The Morgan fingerprint density at radius 1 is 1.25 bits per heavy atom. The largest absolute Gasteiger partial charge is 0.506 e. The van der Waals surface area contributed by atoms with E-state index in [1.807, 2.05) is 42.7 Å². The van der Waals surface area contributed by atoms with Crippen LogP contribution in [0, 0.1) is 13.8 Å². The highest BCUT2D eigenvalue weighted by molar-refractivity contribution is 7.19. The van der Waals surface area contributed by atoms with Crippen LogP contribution in [0.2, 0.25) is 0 Å². The SMILES string of the molecule is CCOC(=O)c1c(C)n(-c2ccc(OC)cc2)c2c1cc(O)c1sc(C)nc12. The molecule has 0 saturated carbocycles. The molecule has 2 aromatic heterocycles. The second-order valence-electron chi connectivity index (χ2n) is 6.42. The number of aromatic nitrogens is 2. The Labute approximate surface area is 166 Å². The molecule has 0 bridgehead atoms. The molecule has 0 aliphatic carbocycles. The number of aryl methyl sites for hydroxylation is 1. The predicted molar refractivity (Wildman–Crippen MR) is 110 cm³/mol. The minimum absolute atomic E-state index is 0.116. The highest BCUT2D eigenvalue weighted by Gasteiger charge is 2.26. The van der Waals surface area contributed by atoms with Gasteiger partial charge >= 0.3 is 5.97 Å². The van der Waals surface area contributed by atoms with Gasteiger partial charge in [0.1, 0.15) is 17.0 Å². The first kappa shape index (κ1) is 18.3. The quantitative estimate of drug-likeness (QED) is 0.504. The molecule has 7 heteroatoms. The number of methoxy groups -OCH3 is 1. The normalized spacial score (nSPS) is 11.3. The Morgan fingerprint density at radius 3 is 2.61 bits per heavy atom. The Bertz CT molecular complexity index is 1210. The maximum Gasteiger partial charge on any atom is 0.340 e. The molecular formula is C21H20N2O4S. The highest BCUT2D eigenvalue weighted by atomic mass is 32.1. The number of esters is 1. The first-order valence-electron chi connectivity index (χ1n) is 8.92. The highest BCUT2D eigenvalue weighted by Crippen LogP contribution is 2.41. The number of phenols is 1. The van der Waals surface area contributed by atoms with Gasteiger partial charge in [-0.3, -0.25) is 0 Å². The maximum atomic E-state index is 12.7. The van der Waals surface area contributed by atoms with Crippen molar-refractivity contribution in [2.45, 2.75) is 20.8 Å². The lowest BCUT2D eigenvalue weighted by Crippen LogP contribution is -2.07. The van der Waals surface area contributed by atoms with E-state index in [-0.39, 0.29) is 12.4 Å². The van der Waals surface area contributed by atoms with E-state index < -0.39 is 5.97 Å². The summed E-state index contributed by atoms with van der Waals surface area (Å²) in [6.45, 7) is 5.82. The van der Waals surface area contributed by atoms with E-state index in [9.17, 15) is 9.90 Å². The zero-order valence-electron chi connectivity index (χ0n) is 16.1. The summed E-state index contributed by atoms with van der Waals surface area (Å²) in [7, 11) is 1.62. The molecular weight excluding hydrogens is 376 g/mol. The fourth-order valence-electron chi connectivity index (χ4n) is 3.57. The summed E-state index contributed by atoms with van der Waals surface area (Å²) in [5, 5.41) is 12.0. The van der Waals surface area contributed by atoms with Crippen molar-refractivity contribution < 1.29 is 19.4 Å². The van der Waals surface area contributed by atoms with Crippen molar-refractivity contribution in [3.8, 4) is 17.2 Å². The second kappa shape index (κ2) is 6.83. The van der Waals surface area contributed by atoms with Crippen LogP contribution in [-0.4, -0.2) is 34.3 Å². The van der Waals surface area contributed by atoms with Gasteiger partial charge in [0, 0.05) is 16.8 Å². The lowest BCUT2D eigenvalue weighted by atomic mass is 10.1. The smallest absolute Gasteiger partial charge is 0.340 e. The molecule has 6 nitrogen and oxygen atoms in total. The summed E-state index contributed by atoms with van der Waals surface area (Å²) in [4.78, 5) is 17.4. The number of rotatable bonds is 4. The average molecular weight is 396 g/mol. The van der Waals surface area contributed by atoms with Gasteiger partial charge in [-0.05, 0) is 51.1 Å². The average Bonchev–Trinajstić information content (AvgIpc) is 3.19. The Hall–Kier alpha value is -3.06. The third-order valence-electron chi connectivity index (χ3n) is 4.73. The monoisotopic (exact) mass is 396 g/mol. The third-order valence-corrected chi connectivity index (χ3v) is 5.72. The zero-order chi connectivity index (χ0) is 20.0. The lowest BCUT2D eigenvalue weighted by molar-refractivity contribution is 0.0527. The van der Waals surface area contributed by atoms with Crippen molar-refractivity contribution in [1.82, 2.24) is 9.55 Å². The van der Waals surface area contributed by atoms with Crippen LogP contribution in [-0.2, 0) is 4.74 Å². The molecule has 2 heterocycles. The number of benzene rings is 2. The van der Waals surface area contributed by atoms with Crippen molar-refractivity contribution in [1.29, 1.82) is 0 Å². The van der Waals surface area contributed by atoms with E-state index in [0.717, 1.165) is 27.7 Å². The fraction of sp³-hybridized carbons (Fsp3) is 0.238. The summed E-state index contributed by atoms with van der Waals surface area (Å²) in [6, 6.07) is 9.23.